The molecule has 1 heterocycles. The summed E-state index contributed by atoms with van der Waals surface area (Å²) in [5.74, 6) is -0.655. The third kappa shape index (κ3) is 4.03. The first-order valence-electron chi connectivity index (χ1n) is 6.92. The third-order valence-electron chi connectivity index (χ3n) is 3.14. The van der Waals surface area contributed by atoms with E-state index in [0.29, 0.717) is 10.9 Å². The van der Waals surface area contributed by atoms with E-state index >= 15 is 0 Å². The van der Waals surface area contributed by atoms with Gasteiger partial charge >= 0.3 is 17.6 Å². The summed E-state index contributed by atoms with van der Waals surface area (Å²) >= 11 is 0. The van der Waals surface area contributed by atoms with Crippen LogP contribution in [-0.4, -0.2) is 39.4 Å². The van der Waals surface area contributed by atoms with E-state index in [1.807, 2.05) is 0 Å². The van der Waals surface area contributed by atoms with Gasteiger partial charge in [0.2, 0.25) is 0 Å². The lowest BCUT2D eigenvalue weighted by Gasteiger charge is -2.12. The second-order valence-corrected chi connectivity index (χ2v) is 4.77. The van der Waals surface area contributed by atoms with Crippen molar-refractivity contribution in [3.63, 3.8) is 0 Å². The number of carbonyl (C=O) groups is 2. The molecule has 0 atom stereocenters. The molecule has 0 saturated carbocycles. The Hall–Kier alpha value is -3.03. The second-order valence-electron chi connectivity index (χ2n) is 4.77. The summed E-state index contributed by atoms with van der Waals surface area (Å²) in [4.78, 5) is 34.0. The average molecular weight is 336 g/mol. The standard InChI is InChI=1S/C16H16O8/c1-9-4-13(17)24-12-6-10(22-7-14(18)20-2)5-11(16(9)12)23-8-15(19)21-3/h4-6H,7-8H2,1-3H3. The highest BCUT2D eigenvalue weighted by atomic mass is 16.6. The van der Waals surface area contributed by atoms with E-state index < -0.39 is 17.6 Å². The van der Waals surface area contributed by atoms with Crippen LogP contribution in [0.15, 0.2) is 27.4 Å². The number of methoxy groups -OCH3 is 2. The van der Waals surface area contributed by atoms with E-state index in [-0.39, 0.29) is 30.3 Å². The summed E-state index contributed by atoms with van der Waals surface area (Å²) in [7, 11) is 2.48. The summed E-state index contributed by atoms with van der Waals surface area (Å²) in [6.45, 7) is 1.05. The maximum Gasteiger partial charge on any atom is 0.343 e. The monoisotopic (exact) mass is 336 g/mol. The van der Waals surface area contributed by atoms with Gasteiger partial charge in [-0.1, -0.05) is 0 Å². The van der Waals surface area contributed by atoms with Crippen LogP contribution in [0.3, 0.4) is 0 Å². The van der Waals surface area contributed by atoms with Crippen molar-refractivity contribution in [2.45, 2.75) is 6.92 Å². The minimum Gasteiger partial charge on any atom is -0.482 e. The maximum atomic E-state index is 11.6. The zero-order valence-corrected chi connectivity index (χ0v) is 13.4. The first-order valence-corrected chi connectivity index (χ1v) is 6.92. The van der Waals surface area contributed by atoms with Crippen LogP contribution in [0.5, 0.6) is 11.5 Å². The molecule has 0 amide bonds. The molecular weight excluding hydrogens is 320 g/mol. The average Bonchev–Trinajstić information content (AvgIpc) is 2.56. The van der Waals surface area contributed by atoms with Crippen molar-refractivity contribution in [1.82, 2.24) is 0 Å². The summed E-state index contributed by atoms with van der Waals surface area (Å²) in [6.07, 6.45) is 0. The molecule has 0 saturated heterocycles. The van der Waals surface area contributed by atoms with E-state index in [2.05, 4.69) is 9.47 Å². The molecule has 24 heavy (non-hydrogen) atoms. The molecule has 0 aliphatic carbocycles. The van der Waals surface area contributed by atoms with Crippen molar-refractivity contribution < 1.29 is 33.0 Å². The molecule has 128 valence electrons. The minimum absolute atomic E-state index is 0.210. The lowest BCUT2D eigenvalue weighted by Crippen LogP contribution is -2.14. The molecule has 0 aliphatic rings. The predicted octanol–water partition coefficient (Wildman–Crippen LogP) is 1.21. The molecule has 0 radical (unpaired) electrons. The molecule has 0 unspecified atom stereocenters. The molecular formula is C16H16O8. The highest BCUT2D eigenvalue weighted by Gasteiger charge is 2.14. The predicted molar refractivity (Wildman–Crippen MR) is 82.2 cm³/mol. The number of aryl methyl sites for hydroxylation is 1. The SMILES string of the molecule is COC(=O)COc1cc(OCC(=O)OC)c2c(C)cc(=O)oc2c1. The first-order chi connectivity index (χ1) is 11.4. The molecule has 0 aliphatic heterocycles. The van der Waals surface area contributed by atoms with Crippen molar-refractivity contribution in [1.29, 1.82) is 0 Å². The number of ether oxygens (including phenoxy) is 4. The van der Waals surface area contributed by atoms with Gasteiger partial charge in [0.25, 0.3) is 0 Å². The maximum absolute atomic E-state index is 11.6. The molecule has 0 bridgehead atoms. The van der Waals surface area contributed by atoms with Gasteiger partial charge in [-0.05, 0) is 12.5 Å². The smallest absolute Gasteiger partial charge is 0.343 e. The highest BCUT2D eigenvalue weighted by molar-refractivity contribution is 5.88. The normalized spacial score (nSPS) is 10.3. The fourth-order valence-electron chi connectivity index (χ4n) is 2.02. The highest BCUT2D eigenvalue weighted by Crippen LogP contribution is 2.33. The Labute approximate surface area is 136 Å². The van der Waals surface area contributed by atoms with Crippen LogP contribution >= 0.6 is 0 Å². The van der Waals surface area contributed by atoms with E-state index in [1.54, 1.807) is 6.92 Å². The fourth-order valence-corrected chi connectivity index (χ4v) is 2.02. The van der Waals surface area contributed by atoms with Crippen molar-refractivity contribution >= 4 is 22.9 Å². The van der Waals surface area contributed by atoms with Gasteiger partial charge in [0, 0.05) is 18.2 Å². The Morgan fingerprint density at radius 3 is 2.25 bits per heavy atom. The van der Waals surface area contributed by atoms with Gasteiger partial charge in [0.15, 0.2) is 13.2 Å². The zero-order valence-electron chi connectivity index (χ0n) is 13.4. The van der Waals surface area contributed by atoms with Gasteiger partial charge in [-0.3, -0.25) is 0 Å². The van der Waals surface area contributed by atoms with Gasteiger partial charge in [-0.25, -0.2) is 14.4 Å². The van der Waals surface area contributed by atoms with Crippen LogP contribution in [0.2, 0.25) is 0 Å². The number of esters is 2. The van der Waals surface area contributed by atoms with E-state index in [9.17, 15) is 14.4 Å². The first kappa shape index (κ1) is 17.3. The molecule has 1 aromatic heterocycles. The number of rotatable bonds is 6. The Morgan fingerprint density at radius 2 is 1.62 bits per heavy atom. The fraction of sp³-hybridized carbons (Fsp3) is 0.312. The van der Waals surface area contributed by atoms with Crippen LogP contribution in [0, 0.1) is 6.92 Å². The number of fused-ring (bicyclic) bond motifs is 1. The van der Waals surface area contributed by atoms with Gasteiger partial charge in [-0.15, -0.1) is 0 Å². The minimum atomic E-state index is -0.571. The molecule has 8 heteroatoms. The topological polar surface area (TPSA) is 101 Å². The number of carbonyl (C=O) groups excluding carboxylic acids is 2. The number of benzene rings is 1. The van der Waals surface area contributed by atoms with Crippen molar-refractivity contribution in [2.24, 2.45) is 0 Å². The lowest BCUT2D eigenvalue weighted by atomic mass is 10.1. The van der Waals surface area contributed by atoms with E-state index in [1.165, 1.54) is 32.4 Å². The van der Waals surface area contributed by atoms with Crippen molar-refractivity contribution in [3.05, 3.63) is 34.2 Å². The third-order valence-corrected chi connectivity index (χ3v) is 3.14. The number of hydrogen-bond donors (Lipinski definition) is 0. The summed E-state index contributed by atoms with van der Waals surface area (Å²) < 4.78 is 24.9. The van der Waals surface area contributed by atoms with Crippen LogP contribution in [-0.2, 0) is 19.1 Å². The largest absolute Gasteiger partial charge is 0.482 e. The quantitative estimate of drug-likeness (QED) is 0.573. The van der Waals surface area contributed by atoms with Gasteiger partial charge < -0.3 is 23.4 Å². The van der Waals surface area contributed by atoms with Crippen LogP contribution in [0.25, 0.3) is 11.0 Å². The number of hydrogen-bond acceptors (Lipinski definition) is 8. The zero-order chi connectivity index (χ0) is 17.7. The van der Waals surface area contributed by atoms with Crippen LogP contribution in [0.1, 0.15) is 5.56 Å². The Kier molecular flexibility index (Phi) is 5.41. The van der Waals surface area contributed by atoms with Gasteiger partial charge in [0.1, 0.15) is 17.1 Å². The van der Waals surface area contributed by atoms with Crippen molar-refractivity contribution in [2.75, 3.05) is 27.4 Å². The van der Waals surface area contributed by atoms with E-state index in [4.69, 9.17) is 13.9 Å². The molecule has 0 fully saturated rings. The molecule has 8 nitrogen and oxygen atoms in total. The molecule has 0 N–H and O–H groups in total. The van der Waals surface area contributed by atoms with Gasteiger partial charge in [-0.2, -0.15) is 0 Å². The summed E-state index contributed by atoms with van der Waals surface area (Å²) in [5.41, 5.74) is 0.284. The van der Waals surface area contributed by atoms with Crippen molar-refractivity contribution in [3.8, 4) is 11.5 Å². The van der Waals surface area contributed by atoms with Crippen LogP contribution in [0.4, 0.5) is 0 Å². The summed E-state index contributed by atoms with van der Waals surface area (Å²) in [5, 5.41) is 0.518. The summed E-state index contributed by atoms with van der Waals surface area (Å²) in [6, 6.07) is 4.25. The molecule has 1 aromatic carbocycles. The Morgan fingerprint density at radius 1 is 1.00 bits per heavy atom. The van der Waals surface area contributed by atoms with Crippen LogP contribution < -0.4 is 15.1 Å². The molecule has 0 spiro atoms. The molecule has 2 aromatic rings. The molecule has 2 rings (SSSR count). The second kappa shape index (κ2) is 7.49. The Bertz CT molecular complexity index is 821. The Balaban J connectivity index is 2.44. The van der Waals surface area contributed by atoms with Gasteiger partial charge in [0.05, 0.1) is 19.6 Å². The van der Waals surface area contributed by atoms with E-state index in [0.717, 1.165) is 0 Å². The lowest BCUT2D eigenvalue weighted by molar-refractivity contribution is -0.143.